The Balaban J connectivity index is 1.39. The van der Waals surface area contributed by atoms with Crippen molar-refractivity contribution >= 4 is 35.1 Å². The minimum atomic E-state index is -0.249. The van der Waals surface area contributed by atoms with Gasteiger partial charge < -0.3 is 14.4 Å². The van der Waals surface area contributed by atoms with E-state index in [1.807, 2.05) is 12.1 Å². The Hall–Kier alpha value is -2.24. The van der Waals surface area contributed by atoms with E-state index in [0.29, 0.717) is 47.3 Å². The minimum Gasteiger partial charge on any atom is -0.488 e. The van der Waals surface area contributed by atoms with E-state index in [-0.39, 0.29) is 31.0 Å². The molecule has 0 aliphatic carbocycles. The predicted molar refractivity (Wildman–Crippen MR) is 108 cm³/mol. The zero-order chi connectivity index (χ0) is 19.9. The van der Waals surface area contributed by atoms with Gasteiger partial charge in [-0.2, -0.15) is 0 Å². The van der Waals surface area contributed by atoms with Gasteiger partial charge in [-0.25, -0.2) is 0 Å². The number of amides is 1. The maximum absolute atomic E-state index is 12.5. The van der Waals surface area contributed by atoms with Crippen LogP contribution in [0, 0.1) is 5.92 Å². The van der Waals surface area contributed by atoms with Crippen molar-refractivity contribution in [1.82, 2.24) is 4.90 Å². The summed E-state index contributed by atoms with van der Waals surface area (Å²) in [4.78, 5) is 26.5. The summed E-state index contributed by atoms with van der Waals surface area (Å²) in [7, 11) is 0. The van der Waals surface area contributed by atoms with Gasteiger partial charge in [0.25, 0.3) is 5.91 Å². The zero-order valence-electron chi connectivity index (χ0n) is 15.3. The molecule has 1 saturated heterocycles. The number of para-hydroxylation sites is 1. The van der Waals surface area contributed by atoms with Crippen molar-refractivity contribution in [3.05, 3.63) is 64.1 Å². The molecule has 28 heavy (non-hydrogen) atoms. The molecule has 1 heterocycles. The number of hydrogen-bond acceptors (Lipinski definition) is 4. The second kappa shape index (κ2) is 9.80. The summed E-state index contributed by atoms with van der Waals surface area (Å²) in [6.45, 7) is 1.45. The Kier molecular flexibility index (Phi) is 7.18. The standard InChI is InChI=1S/C21H21Cl2NO4/c22-17-7-5-15(6-8-17)20(25)24-11-9-16(10-12-24)21(26)28-14-13-27-19-4-2-1-3-18(19)23/h1-8,16H,9-14H2. The molecule has 0 N–H and O–H groups in total. The summed E-state index contributed by atoms with van der Waals surface area (Å²) in [6.07, 6.45) is 1.17. The Bertz CT molecular complexity index is 817. The molecule has 0 spiro atoms. The molecule has 3 rings (SSSR count). The highest BCUT2D eigenvalue weighted by Crippen LogP contribution is 2.23. The molecular weight excluding hydrogens is 401 g/mol. The summed E-state index contributed by atoms with van der Waals surface area (Å²) >= 11 is 11.9. The van der Waals surface area contributed by atoms with Gasteiger partial charge in [0.05, 0.1) is 10.9 Å². The maximum Gasteiger partial charge on any atom is 0.309 e. The van der Waals surface area contributed by atoms with Gasteiger partial charge in [-0.3, -0.25) is 9.59 Å². The van der Waals surface area contributed by atoms with Gasteiger partial charge in [-0.05, 0) is 49.2 Å². The van der Waals surface area contributed by atoms with E-state index < -0.39 is 0 Å². The van der Waals surface area contributed by atoms with Crippen LogP contribution in [0.5, 0.6) is 5.75 Å². The molecule has 0 aromatic heterocycles. The number of nitrogens with zero attached hydrogens (tertiary/aromatic N) is 1. The molecule has 0 atom stereocenters. The summed E-state index contributed by atoms with van der Waals surface area (Å²) in [6, 6.07) is 14.0. The van der Waals surface area contributed by atoms with Crippen LogP contribution in [0.25, 0.3) is 0 Å². The van der Waals surface area contributed by atoms with Gasteiger partial charge >= 0.3 is 5.97 Å². The molecule has 2 aromatic rings. The van der Waals surface area contributed by atoms with Gasteiger partial charge in [0.15, 0.2) is 0 Å². The Labute approximate surface area is 174 Å². The number of halogens is 2. The van der Waals surface area contributed by atoms with E-state index in [0.717, 1.165) is 0 Å². The van der Waals surface area contributed by atoms with E-state index in [1.165, 1.54) is 0 Å². The molecule has 7 heteroatoms. The zero-order valence-corrected chi connectivity index (χ0v) is 16.8. The van der Waals surface area contributed by atoms with Crippen LogP contribution < -0.4 is 4.74 Å². The third-order valence-corrected chi connectivity index (χ3v) is 5.19. The van der Waals surface area contributed by atoms with Crippen LogP contribution in [0.2, 0.25) is 10.0 Å². The van der Waals surface area contributed by atoms with Crippen LogP contribution in [-0.2, 0) is 9.53 Å². The lowest BCUT2D eigenvalue weighted by molar-refractivity contribution is -0.150. The topological polar surface area (TPSA) is 55.8 Å². The number of benzene rings is 2. The van der Waals surface area contributed by atoms with Crippen LogP contribution >= 0.6 is 23.2 Å². The lowest BCUT2D eigenvalue weighted by Crippen LogP contribution is -2.40. The highest BCUT2D eigenvalue weighted by Gasteiger charge is 2.28. The van der Waals surface area contributed by atoms with Gasteiger partial charge in [0.2, 0.25) is 0 Å². The van der Waals surface area contributed by atoms with Crippen molar-refractivity contribution in [3.63, 3.8) is 0 Å². The van der Waals surface area contributed by atoms with Gasteiger partial charge in [0, 0.05) is 23.7 Å². The van der Waals surface area contributed by atoms with E-state index in [2.05, 4.69) is 0 Å². The van der Waals surface area contributed by atoms with Crippen LogP contribution in [0.1, 0.15) is 23.2 Å². The van der Waals surface area contributed by atoms with E-state index in [1.54, 1.807) is 41.3 Å². The number of rotatable bonds is 6. The number of likely N-dealkylation sites (tertiary alicyclic amines) is 1. The highest BCUT2D eigenvalue weighted by molar-refractivity contribution is 6.32. The lowest BCUT2D eigenvalue weighted by atomic mass is 9.96. The van der Waals surface area contributed by atoms with Crippen molar-refractivity contribution in [1.29, 1.82) is 0 Å². The predicted octanol–water partition coefficient (Wildman–Crippen LogP) is 4.47. The molecule has 148 valence electrons. The average Bonchev–Trinajstić information content (AvgIpc) is 2.72. The van der Waals surface area contributed by atoms with Crippen LogP contribution in [-0.4, -0.2) is 43.1 Å². The summed E-state index contributed by atoms with van der Waals surface area (Å²) in [5.41, 5.74) is 0.599. The first-order valence-corrected chi connectivity index (χ1v) is 9.89. The number of piperidine rings is 1. The van der Waals surface area contributed by atoms with Crippen LogP contribution in [0.15, 0.2) is 48.5 Å². The van der Waals surface area contributed by atoms with Gasteiger partial charge in [-0.1, -0.05) is 35.3 Å². The fraction of sp³-hybridized carbons (Fsp3) is 0.333. The first-order valence-electron chi connectivity index (χ1n) is 9.13. The molecule has 2 aromatic carbocycles. The van der Waals surface area contributed by atoms with Crippen molar-refractivity contribution in [3.8, 4) is 5.75 Å². The highest BCUT2D eigenvalue weighted by atomic mass is 35.5. The monoisotopic (exact) mass is 421 g/mol. The molecule has 1 aliphatic rings. The molecule has 0 radical (unpaired) electrons. The molecule has 1 amide bonds. The quantitative estimate of drug-likeness (QED) is 0.509. The maximum atomic E-state index is 12.5. The number of carbonyl (C=O) groups is 2. The van der Waals surface area contributed by atoms with E-state index >= 15 is 0 Å². The number of hydrogen-bond donors (Lipinski definition) is 0. The smallest absolute Gasteiger partial charge is 0.309 e. The Morgan fingerprint density at radius 1 is 0.964 bits per heavy atom. The molecular formula is C21H21Cl2NO4. The number of esters is 1. The van der Waals surface area contributed by atoms with Crippen molar-refractivity contribution in [2.24, 2.45) is 5.92 Å². The first kappa shape index (κ1) is 20.5. The summed E-state index contributed by atoms with van der Waals surface area (Å²) < 4.78 is 10.8. The molecule has 0 unspecified atom stereocenters. The largest absolute Gasteiger partial charge is 0.488 e. The minimum absolute atomic E-state index is 0.0448. The number of ether oxygens (including phenoxy) is 2. The van der Waals surface area contributed by atoms with Crippen molar-refractivity contribution in [2.75, 3.05) is 26.3 Å². The fourth-order valence-corrected chi connectivity index (χ4v) is 3.38. The molecule has 0 saturated carbocycles. The summed E-state index contributed by atoms with van der Waals surface area (Å²) in [5, 5.41) is 1.11. The second-order valence-electron chi connectivity index (χ2n) is 6.52. The van der Waals surface area contributed by atoms with E-state index in [9.17, 15) is 9.59 Å². The summed E-state index contributed by atoms with van der Waals surface area (Å²) in [5.74, 6) is 0.0711. The van der Waals surface area contributed by atoms with Crippen molar-refractivity contribution in [2.45, 2.75) is 12.8 Å². The normalized spacial score (nSPS) is 14.6. The van der Waals surface area contributed by atoms with Gasteiger partial charge in [-0.15, -0.1) is 0 Å². The third-order valence-electron chi connectivity index (χ3n) is 4.63. The van der Waals surface area contributed by atoms with Crippen molar-refractivity contribution < 1.29 is 19.1 Å². The lowest BCUT2D eigenvalue weighted by Gasteiger charge is -2.31. The molecule has 1 fully saturated rings. The van der Waals surface area contributed by atoms with E-state index in [4.69, 9.17) is 32.7 Å². The molecule has 5 nitrogen and oxygen atoms in total. The van der Waals surface area contributed by atoms with Crippen LogP contribution in [0.3, 0.4) is 0 Å². The molecule has 0 bridgehead atoms. The fourth-order valence-electron chi connectivity index (χ4n) is 3.07. The second-order valence-corrected chi connectivity index (χ2v) is 7.36. The van der Waals surface area contributed by atoms with Crippen LogP contribution in [0.4, 0.5) is 0 Å². The SMILES string of the molecule is O=C(OCCOc1ccccc1Cl)C1CCN(C(=O)c2ccc(Cl)cc2)CC1. The molecule has 1 aliphatic heterocycles. The Morgan fingerprint density at radius 2 is 1.64 bits per heavy atom. The average molecular weight is 422 g/mol. The number of carbonyl (C=O) groups excluding carboxylic acids is 2. The Morgan fingerprint density at radius 3 is 2.32 bits per heavy atom. The first-order chi connectivity index (χ1) is 13.5. The third kappa shape index (κ3) is 5.40. The van der Waals surface area contributed by atoms with Gasteiger partial charge in [0.1, 0.15) is 19.0 Å².